The van der Waals surface area contributed by atoms with Gasteiger partial charge in [-0.15, -0.1) is 0 Å². The third-order valence-electron chi connectivity index (χ3n) is 2.73. The molecule has 2 nitrogen and oxygen atoms in total. The summed E-state index contributed by atoms with van der Waals surface area (Å²) < 4.78 is 0. The number of hydrogen-bond donors (Lipinski definition) is 1. The zero-order chi connectivity index (χ0) is 12.7. The lowest BCUT2D eigenvalue weighted by atomic mass is 9.96. The van der Waals surface area contributed by atoms with Gasteiger partial charge >= 0.3 is 5.97 Å². The van der Waals surface area contributed by atoms with Gasteiger partial charge in [0, 0.05) is 0 Å². The Morgan fingerprint density at radius 3 is 2.82 bits per heavy atom. The SMILES string of the molecule is CCSCCC(Cc1cccc(C)c1)C(=O)O. The Balaban J connectivity index is 2.57. The van der Waals surface area contributed by atoms with Crippen LogP contribution in [0.4, 0.5) is 0 Å². The number of carboxylic acid groups (broad SMARTS) is 1. The molecule has 1 atom stereocenters. The molecule has 0 fully saturated rings. The van der Waals surface area contributed by atoms with Crippen LogP contribution in [0.15, 0.2) is 24.3 Å². The number of aryl methyl sites for hydroxylation is 1. The summed E-state index contributed by atoms with van der Waals surface area (Å²) in [5.41, 5.74) is 2.31. The van der Waals surface area contributed by atoms with E-state index in [4.69, 9.17) is 0 Å². The van der Waals surface area contributed by atoms with Crippen molar-refractivity contribution in [2.24, 2.45) is 5.92 Å². The first kappa shape index (κ1) is 14.1. The van der Waals surface area contributed by atoms with Crippen molar-refractivity contribution in [2.75, 3.05) is 11.5 Å². The van der Waals surface area contributed by atoms with Crippen LogP contribution in [-0.4, -0.2) is 22.6 Å². The summed E-state index contributed by atoms with van der Waals surface area (Å²) in [4.78, 5) is 11.2. The van der Waals surface area contributed by atoms with E-state index in [9.17, 15) is 9.90 Å². The minimum absolute atomic E-state index is 0.254. The van der Waals surface area contributed by atoms with E-state index in [0.29, 0.717) is 6.42 Å². The van der Waals surface area contributed by atoms with Crippen LogP contribution in [0.3, 0.4) is 0 Å². The fourth-order valence-corrected chi connectivity index (χ4v) is 2.55. The van der Waals surface area contributed by atoms with Gasteiger partial charge in [0.05, 0.1) is 5.92 Å². The molecule has 1 aromatic carbocycles. The van der Waals surface area contributed by atoms with Gasteiger partial charge in [-0.2, -0.15) is 11.8 Å². The van der Waals surface area contributed by atoms with Crippen molar-refractivity contribution in [1.29, 1.82) is 0 Å². The van der Waals surface area contributed by atoms with E-state index >= 15 is 0 Å². The maximum Gasteiger partial charge on any atom is 0.306 e. The molecule has 94 valence electrons. The molecule has 0 saturated carbocycles. The number of carboxylic acids is 1. The van der Waals surface area contributed by atoms with Crippen LogP contribution in [0.5, 0.6) is 0 Å². The third-order valence-corrected chi connectivity index (χ3v) is 3.66. The number of carbonyl (C=O) groups is 1. The normalized spacial score (nSPS) is 12.4. The van der Waals surface area contributed by atoms with Crippen LogP contribution in [0.2, 0.25) is 0 Å². The van der Waals surface area contributed by atoms with Crippen LogP contribution in [-0.2, 0) is 11.2 Å². The number of hydrogen-bond acceptors (Lipinski definition) is 2. The quantitative estimate of drug-likeness (QED) is 0.756. The second kappa shape index (κ2) is 7.38. The predicted molar refractivity (Wildman–Crippen MR) is 73.6 cm³/mol. The Labute approximate surface area is 107 Å². The Hall–Kier alpha value is -0.960. The van der Waals surface area contributed by atoms with Crippen molar-refractivity contribution in [3.8, 4) is 0 Å². The Morgan fingerprint density at radius 2 is 2.24 bits per heavy atom. The standard InChI is InChI=1S/C14H20O2S/c1-3-17-8-7-13(14(15)16)10-12-6-4-5-11(2)9-12/h4-6,9,13H,3,7-8,10H2,1-2H3,(H,15,16). The third kappa shape index (κ3) is 5.26. The fraction of sp³-hybridized carbons (Fsp3) is 0.500. The second-order valence-electron chi connectivity index (χ2n) is 4.21. The summed E-state index contributed by atoms with van der Waals surface area (Å²) in [6.45, 7) is 4.13. The van der Waals surface area contributed by atoms with Gasteiger partial charge in [0.1, 0.15) is 0 Å². The van der Waals surface area contributed by atoms with Crippen LogP contribution >= 0.6 is 11.8 Å². The van der Waals surface area contributed by atoms with Crippen LogP contribution in [0.1, 0.15) is 24.5 Å². The zero-order valence-corrected chi connectivity index (χ0v) is 11.3. The van der Waals surface area contributed by atoms with Gasteiger partial charge in [-0.3, -0.25) is 4.79 Å². The first-order valence-electron chi connectivity index (χ1n) is 5.99. The summed E-state index contributed by atoms with van der Waals surface area (Å²) in [6.07, 6.45) is 1.39. The molecule has 1 N–H and O–H groups in total. The first-order valence-corrected chi connectivity index (χ1v) is 7.15. The summed E-state index contributed by atoms with van der Waals surface area (Å²) in [5.74, 6) is 1.05. The van der Waals surface area contributed by atoms with Crippen molar-refractivity contribution >= 4 is 17.7 Å². The molecule has 0 amide bonds. The minimum atomic E-state index is -0.678. The van der Waals surface area contributed by atoms with Gasteiger partial charge in [0.15, 0.2) is 0 Å². The Morgan fingerprint density at radius 1 is 1.47 bits per heavy atom. The lowest BCUT2D eigenvalue weighted by molar-refractivity contribution is -0.141. The van der Waals surface area contributed by atoms with Gasteiger partial charge in [-0.25, -0.2) is 0 Å². The molecule has 0 saturated heterocycles. The highest BCUT2D eigenvalue weighted by molar-refractivity contribution is 7.99. The smallest absolute Gasteiger partial charge is 0.306 e. The van der Waals surface area contributed by atoms with Gasteiger partial charge in [0.2, 0.25) is 0 Å². The monoisotopic (exact) mass is 252 g/mol. The van der Waals surface area contributed by atoms with Gasteiger partial charge in [-0.05, 0) is 36.8 Å². The highest BCUT2D eigenvalue weighted by atomic mass is 32.2. The summed E-state index contributed by atoms with van der Waals surface area (Å²) in [7, 11) is 0. The molecular weight excluding hydrogens is 232 g/mol. The highest BCUT2D eigenvalue weighted by Crippen LogP contribution is 2.16. The fourth-order valence-electron chi connectivity index (χ4n) is 1.81. The van der Waals surface area contributed by atoms with E-state index in [2.05, 4.69) is 13.0 Å². The number of benzene rings is 1. The number of aliphatic carboxylic acids is 1. The average Bonchev–Trinajstić information content (AvgIpc) is 2.28. The van der Waals surface area contributed by atoms with Gasteiger partial charge in [-0.1, -0.05) is 36.8 Å². The van der Waals surface area contributed by atoms with E-state index in [1.807, 2.05) is 25.1 Å². The second-order valence-corrected chi connectivity index (χ2v) is 5.61. The molecule has 0 spiro atoms. The average molecular weight is 252 g/mol. The zero-order valence-electron chi connectivity index (χ0n) is 10.5. The first-order chi connectivity index (χ1) is 8.13. The molecule has 0 aliphatic carbocycles. The largest absolute Gasteiger partial charge is 0.481 e. The van der Waals surface area contributed by atoms with Gasteiger partial charge < -0.3 is 5.11 Å². The molecule has 0 aliphatic rings. The van der Waals surface area contributed by atoms with E-state index < -0.39 is 5.97 Å². The van der Waals surface area contributed by atoms with E-state index in [1.54, 1.807) is 11.8 Å². The molecule has 3 heteroatoms. The van der Waals surface area contributed by atoms with Gasteiger partial charge in [0.25, 0.3) is 0 Å². The van der Waals surface area contributed by atoms with Crippen molar-refractivity contribution < 1.29 is 9.90 Å². The molecule has 0 aromatic heterocycles. The molecule has 0 aliphatic heterocycles. The molecule has 17 heavy (non-hydrogen) atoms. The molecule has 1 unspecified atom stereocenters. The maximum atomic E-state index is 11.2. The number of thioether (sulfide) groups is 1. The van der Waals surface area contributed by atoms with E-state index in [1.165, 1.54) is 5.56 Å². The predicted octanol–water partition coefficient (Wildman–Crippen LogP) is 3.38. The molecular formula is C14H20O2S. The minimum Gasteiger partial charge on any atom is -0.481 e. The molecule has 1 rings (SSSR count). The van der Waals surface area contributed by atoms with Crippen molar-refractivity contribution in [2.45, 2.75) is 26.7 Å². The van der Waals surface area contributed by atoms with E-state index in [0.717, 1.165) is 23.5 Å². The Kier molecular flexibility index (Phi) is 6.12. The maximum absolute atomic E-state index is 11.2. The van der Waals surface area contributed by atoms with Crippen molar-refractivity contribution in [3.63, 3.8) is 0 Å². The highest BCUT2D eigenvalue weighted by Gasteiger charge is 2.17. The molecule has 0 radical (unpaired) electrons. The number of rotatable bonds is 7. The Bertz CT molecular complexity index is 363. The summed E-state index contributed by atoms with van der Waals surface area (Å²) in [6, 6.07) is 8.11. The lowest BCUT2D eigenvalue weighted by Gasteiger charge is -2.12. The van der Waals surface area contributed by atoms with Crippen LogP contribution < -0.4 is 0 Å². The summed E-state index contributed by atoms with van der Waals surface area (Å²) >= 11 is 1.80. The van der Waals surface area contributed by atoms with Crippen LogP contribution in [0.25, 0.3) is 0 Å². The topological polar surface area (TPSA) is 37.3 Å². The molecule has 1 aromatic rings. The van der Waals surface area contributed by atoms with Crippen molar-refractivity contribution in [3.05, 3.63) is 35.4 Å². The van der Waals surface area contributed by atoms with Crippen molar-refractivity contribution in [1.82, 2.24) is 0 Å². The summed E-state index contributed by atoms with van der Waals surface area (Å²) in [5, 5.41) is 9.19. The molecule has 0 heterocycles. The van der Waals surface area contributed by atoms with E-state index in [-0.39, 0.29) is 5.92 Å². The van der Waals surface area contributed by atoms with Crippen LogP contribution in [0, 0.1) is 12.8 Å². The molecule has 0 bridgehead atoms. The lowest BCUT2D eigenvalue weighted by Crippen LogP contribution is -2.17.